The monoisotopic (exact) mass is 406 g/mol. The lowest BCUT2D eigenvalue weighted by atomic mass is 9.97. The van der Waals surface area contributed by atoms with Gasteiger partial charge in [-0.25, -0.2) is 9.59 Å². The van der Waals surface area contributed by atoms with E-state index in [1.54, 1.807) is 19.9 Å². The molecule has 0 aromatic heterocycles. The van der Waals surface area contributed by atoms with Crippen molar-refractivity contribution in [2.75, 3.05) is 13.2 Å². The van der Waals surface area contributed by atoms with Gasteiger partial charge in [0.25, 0.3) is 0 Å². The van der Waals surface area contributed by atoms with Crippen molar-refractivity contribution in [3.8, 4) is 5.75 Å². The van der Waals surface area contributed by atoms with Crippen molar-refractivity contribution in [2.45, 2.75) is 20.0 Å². The molecule has 2 aromatic carbocycles. The molecular weight excluding hydrogens is 384 g/mol. The van der Waals surface area contributed by atoms with Crippen LogP contribution in [0.25, 0.3) is 5.57 Å². The van der Waals surface area contributed by atoms with Crippen LogP contribution in [0.3, 0.4) is 0 Å². The molecule has 3 rings (SSSR count). The van der Waals surface area contributed by atoms with E-state index in [0.29, 0.717) is 0 Å². The van der Waals surface area contributed by atoms with Gasteiger partial charge in [0.1, 0.15) is 5.75 Å². The minimum absolute atomic E-state index is 0.144. The summed E-state index contributed by atoms with van der Waals surface area (Å²) in [6.07, 6.45) is 4.10. The molecular formula is C24H22O6. The summed E-state index contributed by atoms with van der Waals surface area (Å²) in [5.74, 6) is -1.23. The van der Waals surface area contributed by atoms with Crippen LogP contribution in [0.4, 0.5) is 0 Å². The van der Waals surface area contributed by atoms with E-state index in [0.717, 1.165) is 11.1 Å². The fraction of sp³-hybridized carbons (Fsp3) is 0.208. The van der Waals surface area contributed by atoms with E-state index in [4.69, 9.17) is 14.2 Å². The predicted molar refractivity (Wildman–Crippen MR) is 111 cm³/mol. The molecule has 0 bridgehead atoms. The summed E-state index contributed by atoms with van der Waals surface area (Å²) in [6.45, 7) is 3.75. The van der Waals surface area contributed by atoms with Gasteiger partial charge < -0.3 is 14.2 Å². The average Bonchev–Trinajstić information content (AvgIpc) is 2.76. The number of carbonyl (C=O) groups is 3. The van der Waals surface area contributed by atoms with Crippen LogP contribution in [0, 0.1) is 0 Å². The van der Waals surface area contributed by atoms with E-state index >= 15 is 0 Å². The summed E-state index contributed by atoms with van der Waals surface area (Å²) in [5.41, 5.74) is 2.00. The third-order valence-corrected chi connectivity index (χ3v) is 4.33. The van der Waals surface area contributed by atoms with Gasteiger partial charge in [0.15, 0.2) is 6.10 Å². The van der Waals surface area contributed by atoms with Crippen molar-refractivity contribution in [3.63, 3.8) is 0 Å². The minimum atomic E-state index is -0.870. The Balaban J connectivity index is 1.84. The Hall–Kier alpha value is -3.67. The van der Waals surface area contributed by atoms with Crippen LogP contribution in [-0.2, 0) is 14.3 Å². The summed E-state index contributed by atoms with van der Waals surface area (Å²) < 4.78 is 15.8. The Morgan fingerprint density at radius 1 is 0.900 bits per heavy atom. The molecule has 1 aliphatic carbocycles. The molecule has 0 amide bonds. The van der Waals surface area contributed by atoms with Crippen molar-refractivity contribution < 1.29 is 28.6 Å². The molecule has 0 saturated carbocycles. The second kappa shape index (κ2) is 9.69. The molecule has 0 radical (unpaired) electrons. The summed E-state index contributed by atoms with van der Waals surface area (Å²) >= 11 is 0. The number of ketones is 1. The maximum absolute atomic E-state index is 12.6. The van der Waals surface area contributed by atoms with Crippen LogP contribution in [0.1, 0.15) is 40.1 Å². The maximum atomic E-state index is 12.6. The van der Waals surface area contributed by atoms with Crippen LogP contribution in [0.2, 0.25) is 0 Å². The molecule has 0 saturated heterocycles. The zero-order chi connectivity index (χ0) is 21.5. The zero-order valence-electron chi connectivity index (χ0n) is 16.8. The number of rotatable bonds is 7. The van der Waals surface area contributed by atoms with E-state index in [-0.39, 0.29) is 35.9 Å². The molecule has 1 unspecified atom stereocenters. The Kier molecular flexibility index (Phi) is 6.80. The molecule has 30 heavy (non-hydrogen) atoms. The highest BCUT2D eigenvalue weighted by Gasteiger charge is 2.22. The molecule has 1 aliphatic rings. The van der Waals surface area contributed by atoms with Gasteiger partial charge in [-0.05, 0) is 55.3 Å². The highest BCUT2D eigenvalue weighted by molar-refractivity contribution is 6.05. The van der Waals surface area contributed by atoms with Crippen molar-refractivity contribution in [2.24, 2.45) is 0 Å². The van der Waals surface area contributed by atoms with E-state index in [1.165, 1.54) is 24.3 Å². The predicted octanol–water partition coefficient (Wildman–Crippen LogP) is 4.01. The molecule has 6 nitrogen and oxygen atoms in total. The Morgan fingerprint density at radius 2 is 1.50 bits per heavy atom. The lowest BCUT2D eigenvalue weighted by Gasteiger charge is -2.18. The van der Waals surface area contributed by atoms with Crippen molar-refractivity contribution in [3.05, 3.63) is 83.4 Å². The van der Waals surface area contributed by atoms with Crippen LogP contribution in [-0.4, -0.2) is 37.0 Å². The zero-order valence-corrected chi connectivity index (χ0v) is 16.8. The standard InChI is InChI=1S/C24H22O6/c1-3-28-23(26)18-12-19(24(27)29-4-2)14-20(13-18)30-22-11-10-17(15-21(22)25)16-8-6-5-7-9-16/h5-15,22H,3-4H2,1-2H3. The topological polar surface area (TPSA) is 78.9 Å². The normalized spacial score (nSPS) is 15.3. The first-order chi connectivity index (χ1) is 14.5. The van der Waals surface area contributed by atoms with Crippen LogP contribution < -0.4 is 4.74 Å². The fourth-order valence-electron chi connectivity index (χ4n) is 2.96. The Morgan fingerprint density at radius 3 is 2.03 bits per heavy atom. The van der Waals surface area contributed by atoms with E-state index in [9.17, 15) is 14.4 Å². The number of benzene rings is 2. The third kappa shape index (κ3) is 5.03. The molecule has 2 aromatic rings. The molecule has 0 aliphatic heterocycles. The lowest BCUT2D eigenvalue weighted by Crippen LogP contribution is -2.26. The Bertz CT molecular complexity index is 967. The second-order valence-electron chi connectivity index (χ2n) is 6.45. The number of allylic oxidation sites excluding steroid dienone is 2. The summed E-state index contributed by atoms with van der Waals surface area (Å²) in [5, 5.41) is 0. The van der Waals surface area contributed by atoms with Crippen molar-refractivity contribution >= 4 is 23.3 Å². The number of esters is 2. The number of carbonyl (C=O) groups excluding carboxylic acids is 3. The van der Waals surface area contributed by atoms with Gasteiger partial charge in [0.2, 0.25) is 5.78 Å². The Labute approximate surface area is 174 Å². The van der Waals surface area contributed by atoms with E-state index in [1.807, 2.05) is 36.4 Å². The molecule has 0 heterocycles. The number of hydrogen-bond donors (Lipinski definition) is 0. The first kappa shape index (κ1) is 21.0. The molecule has 6 heteroatoms. The van der Waals surface area contributed by atoms with Gasteiger partial charge in [-0.3, -0.25) is 4.79 Å². The highest BCUT2D eigenvalue weighted by atomic mass is 16.5. The highest BCUT2D eigenvalue weighted by Crippen LogP contribution is 2.25. The molecule has 1 atom stereocenters. The van der Waals surface area contributed by atoms with E-state index < -0.39 is 18.0 Å². The van der Waals surface area contributed by atoms with Crippen LogP contribution in [0.5, 0.6) is 5.75 Å². The fourth-order valence-corrected chi connectivity index (χ4v) is 2.96. The number of ether oxygens (including phenoxy) is 3. The largest absolute Gasteiger partial charge is 0.478 e. The first-order valence-corrected chi connectivity index (χ1v) is 9.67. The summed E-state index contributed by atoms with van der Waals surface area (Å²) in [6, 6.07) is 13.8. The average molecular weight is 406 g/mol. The summed E-state index contributed by atoms with van der Waals surface area (Å²) in [4.78, 5) is 36.9. The second-order valence-corrected chi connectivity index (χ2v) is 6.45. The van der Waals surface area contributed by atoms with Crippen molar-refractivity contribution in [1.82, 2.24) is 0 Å². The minimum Gasteiger partial charge on any atom is -0.478 e. The van der Waals surface area contributed by atoms with Gasteiger partial charge >= 0.3 is 11.9 Å². The van der Waals surface area contributed by atoms with Crippen molar-refractivity contribution in [1.29, 1.82) is 0 Å². The van der Waals surface area contributed by atoms with Gasteiger partial charge in [0, 0.05) is 0 Å². The van der Waals surface area contributed by atoms with E-state index in [2.05, 4.69) is 0 Å². The molecule has 0 fully saturated rings. The SMILES string of the molecule is CCOC(=O)c1cc(OC2C=CC(c3ccccc3)=CC2=O)cc(C(=O)OCC)c1. The van der Waals surface area contributed by atoms with Gasteiger partial charge in [-0.2, -0.15) is 0 Å². The third-order valence-electron chi connectivity index (χ3n) is 4.33. The first-order valence-electron chi connectivity index (χ1n) is 9.67. The number of hydrogen-bond acceptors (Lipinski definition) is 6. The molecule has 154 valence electrons. The quantitative estimate of drug-likeness (QED) is 0.647. The van der Waals surface area contributed by atoms with Gasteiger partial charge in [0.05, 0.1) is 24.3 Å². The maximum Gasteiger partial charge on any atom is 0.338 e. The lowest BCUT2D eigenvalue weighted by molar-refractivity contribution is -0.119. The smallest absolute Gasteiger partial charge is 0.338 e. The van der Waals surface area contributed by atoms with Gasteiger partial charge in [-0.1, -0.05) is 36.4 Å². The van der Waals surface area contributed by atoms with Gasteiger partial charge in [-0.15, -0.1) is 0 Å². The molecule has 0 N–H and O–H groups in total. The summed E-state index contributed by atoms with van der Waals surface area (Å²) in [7, 11) is 0. The van der Waals surface area contributed by atoms with Crippen LogP contribution in [0.15, 0.2) is 66.8 Å². The van der Waals surface area contributed by atoms with Crippen LogP contribution >= 0.6 is 0 Å². The molecule has 0 spiro atoms.